The SMILES string of the molecule is C=C/C(=C\C)CCN(CCC)C(=O)c1ccc(N=Cc2ccccc2)c(/C=C/CCCCC(C)=O)c1. The summed E-state index contributed by atoms with van der Waals surface area (Å²) >= 11 is 0. The summed E-state index contributed by atoms with van der Waals surface area (Å²) in [4.78, 5) is 31.2. The number of carbonyl (C=O) groups is 2. The number of carbonyl (C=O) groups excluding carboxylic acids is 2. The zero-order chi connectivity index (χ0) is 26.2. The number of hydrogen-bond donors (Lipinski definition) is 0. The molecule has 0 saturated carbocycles. The molecule has 4 nitrogen and oxygen atoms in total. The predicted molar refractivity (Wildman–Crippen MR) is 153 cm³/mol. The van der Waals surface area contributed by atoms with Crippen LogP contribution in [0.5, 0.6) is 0 Å². The van der Waals surface area contributed by atoms with Crippen molar-refractivity contribution in [2.24, 2.45) is 4.99 Å². The Balaban J connectivity index is 2.27. The van der Waals surface area contributed by atoms with Crippen LogP contribution in [0.15, 0.2) is 83.9 Å². The highest BCUT2D eigenvalue weighted by atomic mass is 16.2. The van der Waals surface area contributed by atoms with Gasteiger partial charge in [0.15, 0.2) is 0 Å². The summed E-state index contributed by atoms with van der Waals surface area (Å²) in [5.74, 6) is 0.264. The molecular formula is C32H40N2O2. The molecule has 0 fully saturated rings. The van der Waals surface area contributed by atoms with Crippen LogP contribution in [0.4, 0.5) is 5.69 Å². The number of hydrogen-bond acceptors (Lipinski definition) is 3. The fourth-order valence-corrected chi connectivity index (χ4v) is 3.86. The normalized spacial score (nSPS) is 11.8. The van der Waals surface area contributed by atoms with Crippen molar-refractivity contribution >= 4 is 29.7 Å². The molecule has 0 spiro atoms. The lowest BCUT2D eigenvalue weighted by molar-refractivity contribution is -0.117. The van der Waals surface area contributed by atoms with Gasteiger partial charge in [-0.15, -0.1) is 0 Å². The van der Waals surface area contributed by atoms with Gasteiger partial charge in [-0.3, -0.25) is 9.79 Å². The van der Waals surface area contributed by atoms with Crippen molar-refractivity contribution in [1.29, 1.82) is 0 Å². The van der Waals surface area contributed by atoms with Gasteiger partial charge in [-0.1, -0.05) is 73.7 Å². The number of allylic oxidation sites excluding steroid dienone is 3. The Hall–Kier alpha value is -3.53. The number of amides is 1. The van der Waals surface area contributed by atoms with Crippen molar-refractivity contribution in [3.63, 3.8) is 0 Å². The Labute approximate surface area is 217 Å². The number of aliphatic imine (C=N–C) groups is 1. The lowest BCUT2D eigenvalue weighted by Gasteiger charge is -2.23. The minimum Gasteiger partial charge on any atom is -0.338 e. The average Bonchev–Trinajstić information content (AvgIpc) is 2.89. The van der Waals surface area contributed by atoms with Crippen molar-refractivity contribution in [1.82, 2.24) is 4.90 Å². The first kappa shape index (κ1) is 28.7. The summed E-state index contributed by atoms with van der Waals surface area (Å²) < 4.78 is 0. The van der Waals surface area contributed by atoms with Crippen molar-refractivity contribution in [3.8, 4) is 0 Å². The molecule has 2 aromatic rings. The molecule has 0 saturated heterocycles. The van der Waals surface area contributed by atoms with E-state index < -0.39 is 0 Å². The summed E-state index contributed by atoms with van der Waals surface area (Å²) in [7, 11) is 0. The van der Waals surface area contributed by atoms with Gasteiger partial charge in [0.05, 0.1) is 5.69 Å². The fourth-order valence-electron chi connectivity index (χ4n) is 3.86. The first-order valence-electron chi connectivity index (χ1n) is 12.9. The van der Waals surface area contributed by atoms with Gasteiger partial charge in [-0.25, -0.2) is 0 Å². The molecule has 4 heteroatoms. The Kier molecular flexibility index (Phi) is 12.9. The molecule has 0 aliphatic rings. The number of ketones is 1. The largest absolute Gasteiger partial charge is 0.338 e. The first-order valence-corrected chi connectivity index (χ1v) is 12.9. The van der Waals surface area contributed by atoms with Crippen molar-refractivity contribution < 1.29 is 9.59 Å². The third-order valence-electron chi connectivity index (χ3n) is 5.96. The minimum absolute atomic E-state index is 0.0334. The summed E-state index contributed by atoms with van der Waals surface area (Å²) in [5.41, 5.74) is 4.56. The van der Waals surface area contributed by atoms with Gasteiger partial charge in [0.25, 0.3) is 5.91 Å². The van der Waals surface area contributed by atoms with Gasteiger partial charge in [0.1, 0.15) is 5.78 Å². The van der Waals surface area contributed by atoms with Gasteiger partial charge in [-0.05, 0) is 69.7 Å². The Morgan fingerprint density at radius 1 is 1.03 bits per heavy atom. The van der Waals surface area contributed by atoms with E-state index in [-0.39, 0.29) is 11.7 Å². The second kappa shape index (κ2) is 16.2. The van der Waals surface area contributed by atoms with E-state index in [2.05, 4.69) is 19.6 Å². The second-order valence-corrected chi connectivity index (χ2v) is 8.90. The van der Waals surface area contributed by atoms with E-state index in [1.54, 1.807) is 6.92 Å². The number of Topliss-reactive ketones (excluding diaryl/α,β-unsaturated/α-hetero) is 1. The minimum atomic E-state index is 0.0334. The molecule has 2 rings (SSSR count). The number of nitrogens with zero attached hydrogens (tertiary/aromatic N) is 2. The lowest BCUT2D eigenvalue weighted by Crippen LogP contribution is -2.33. The third-order valence-corrected chi connectivity index (χ3v) is 5.96. The lowest BCUT2D eigenvalue weighted by atomic mass is 10.0. The highest BCUT2D eigenvalue weighted by Gasteiger charge is 2.16. The maximum absolute atomic E-state index is 13.4. The molecule has 0 N–H and O–H groups in total. The molecule has 190 valence electrons. The van der Waals surface area contributed by atoms with E-state index in [0.717, 1.165) is 54.5 Å². The molecule has 0 aliphatic heterocycles. The molecule has 1 amide bonds. The quantitative estimate of drug-likeness (QED) is 0.146. The van der Waals surface area contributed by atoms with Crippen LogP contribution in [0.3, 0.4) is 0 Å². The van der Waals surface area contributed by atoms with E-state index in [1.807, 2.05) is 84.8 Å². The Bertz CT molecular complexity index is 1080. The van der Waals surface area contributed by atoms with E-state index >= 15 is 0 Å². The van der Waals surface area contributed by atoms with Crippen LogP contribution in [-0.2, 0) is 4.79 Å². The second-order valence-electron chi connectivity index (χ2n) is 8.90. The molecule has 0 bridgehead atoms. The van der Waals surface area contributed by atoms with Crippen LogP contribution in [0.2, 0.25) is 0 Å². The zero-order valence-corrected chi connectivity index (χ0v) is 22.1. The average molecular weight is 485 g/mol. The van der Waals surface area contributed by atoms with Gasteiger partial charge in [0, 0.05) is 36.9 Å². The fraction of sp³-hybridized carbons (Fsp3) is 0.344. The van der Waals surface area contributed by atoms with Crippen molar-refractivity contribution in [2.45, 2.75) is 59.3 Å². The maximum atomic E-state index is 13.4. The van der Waals surface area contributed by atoms with Crippen LogP contribution in [-0.4, -0.2) is 35.9 Å². The van der Waals surface area contributed by atoms with Crippen molar-refractivity contribution in [3.05, 3.63) is 95.6 Å². The first-order chi connectivity index (χ1) is 17.5. The molecule has 2 aromatic carbocycles. The van der Waals surface area contributed by atoms with Crippen LogP contribution >= 0.6 is 0 Å². The summed E-state index contributed by atoms with van der Waals surface area (Å²) in [5, 5.41) is 0. The van der Waals surface area contributed by atoms with Crippen LogP contribution in [0.1, 0.15) is 80.8 Å². The monoisotopic (exact) mass is 484 g/mol. The third kappa shape index (κ3) is 9.99. The van der Waals surface area contributed by atoms with Gasteiger partial charge in [0.2, 0.25) is 0 Å². The molecule has 0 heterocycles. The maximum Gasteiger partial charge on any atom is 0.253 e. The van der Waals surface area contributed by atoms with E-state index in [4.69, 9.17) is 4.99 Å². The molecule has 0 radical (unpaired) electrons. The Morgan fingerprint density at radius 2 is 1.81 bits per heavy atom. The van der Waals surface area contributed by atoms with E-state index in [9.17, 15) is 9.59 Å². The van der Waals surface area contributed by atoms with Crippen LogP contribution in [0, 0.1) is 0 Å². The zero-order valence-electron chi connectivity index (χ0n) is 22.1. The highest BCUT2D eigenvalue weighted by molar-refractivity contribution is 5.96. The van der Waals surface area contributed by atoms with Gasteiger partial charge >= 0.3 is 0 Å². The Morgan fingerprint density at radius 3 is 2.47 bits per heavy atom. The van der Waals surface area contributed by atoms with Gasteiger partial charge < -0.3 is 9.69 Å². The molecule has 0 aliphatic carbocycles. The topological polar surface area (TPSA) is 49.7 Å². The number of rotatable bonds is 15. The van der Waals surface area contributed by atoms with E-state index in [0.29, 0.717) is 25.1 Å². The highest BCUT2D eigenvalue weighted by Crippen LogP contribution is 2.24. The molecule has 36 heavy (non-hydrogen) atoms. The molecular weight excluding hydrogens is 444 g/mol. The predicted octanol–water partition coefficient (Wildman–Crippen LogP) is 7.97. The van der Waals surface area contributed by atoms with Crippen molar-refractivity contribution in [2.75, 3.05) is 13.1 Å². The van der Waals surface area contributed by atoms with Crippen LogP contribution in [0.25, 0.3) is 6.08 Å². The van der Waals surface area contributed by atoms with E-state index in [1.165, 1.54) is 0 Å². The van der Waals surface area contributed by atoms with Gasteiger partial charge in [-0.2, -0.15) is 0 Å². The molecule has 0 aromatic heterocycles. The number of benzene rings is 2. The molecule has 0 unspecified atom stereocenters. The van der Waals surface area contributed by atoms with Crippen LogP contribution < -0.4 is 0 Å². The number of unbranched alkanes of at least 4 members (excludes halogenated alkanes) is 2. The summed E-state index contributed by atoms with van der Waals surface area (Å²) in [6.07, 6.45) is 14.9. The summed E-state index contributed by atoms with van der Waals surface area (Å²) in [6, 6.07) is 15.7. The standard InChI is InChI=1S/C32H40N2O2/c1-5-22-34(23-21-27(6-2)7-3)32(36)30-19-20-31(33-25-28-16-12-10-13-17-28)29(24-30)18-14-9-8-11-15-26(4)35/h6-7,10,12-14,16-20,24-25H,2,5,8-9,11,15,21-23H2,1,3-4H3/b18-14+,27-7+,33-25?. The molecule has 0 atom stereocenters. The smallest absolute Gasteiger partial charge is 0.253 e. The summed E-state index contributed by atoms with van der Waals surface area (Å²) in [6.45, 7) is 11.0.